The molecule has 5 nitrogen and oxygen atoms in total. The summed E-state index contributed by atoms with van der Waals surface area (Å²) in [5.74, 6) is 0.469. The number of ether oxygens (including phenoxy) is 1. The predicted octanol–water partition coefficient (Wildman–Crippen LogP) is 3.26. The molecule has 0 aliphatic heterocycles. The molecule has 0 aliphatic rings. The Balaban J connectivity index is 1.88. The molecule has 1 heterocycles. The molecule has 3 rings (SSSR count). The second-order valence-electron chi connectivity index (χ2n) is 5.29. The first kappa shape index (κ1) is 15.1. The zero-order valence-electron chi connectivity index (χ0n) is 12.9. The number of benzene rings is 2. The predicted molar refractivity (Wildman–Crippen MR) is 87.5 cm³/mol. The van der Waals surface area contributed by atoms with E-state index in [-0.39, 0.29) is 13.2 Å². The number of fused-ring (bicyclic) bond motifs is 1. The maximum atomic E-state index is 11.1. The molecule has 5 heteroatoms. The number of hydrogen-bond acceptors (Lipinski definition) is 3. The lowest BCUT2D eigenvalue weighted by atomic mass is 10.2. The van der Waals surface area contributed by atoms with Crippen LogP contribution in [0, 0.1) is 0 Å². The molecule has 2 aromatic carbocycles. The monoisotopic (exact) mass is 310 g/mol. The van der Waals surface area contributed by atoms with E-state index in [0.717, 1.165) is 23.2 Å². The fourth-order valence-electron chi connectivity index (χ4n) is 2.55. The third-order valence-corrected chi connectivity index (χ3v) is 3.70. The number of carboxylic acid groups (broad SMARTS) is 1. The van der Waals surface area contributed by atoms with E-state index >= 15 is 0 Å². The molecule has 0 bridgehead atoms. The van der Waals surface area contributed by atoms with Gasteiger partial charge in [0.05, 0.1) is 11.0 Å². The second kappa shape index (κ2) is 6.52. The zero-order chi connectivity index (χ0) is 16.2. The number of para-hydroxylation sites is 2. The van der Waals surface area contributed by atoms with Gasteiger partial charge in [0, 0.05) is 0 Å². The van der Waals surface area contributed by atoms with Gasteiger partial charge in [-0.3, -0.25) is 4.79 Å². The molecule has 0 fully saturated rings. The molecular weight excluding hydrogens is 292 g/mol. The SMILES string of the molecule is CCc1cccc(OCc2nc3ccccc3n2CC(=O)O)c1. The molecule has 0 unspecified atom stereocenters. The van der Waals surface area contributed by atoms with Gasteiger partial charge in [0.2, 0.25) is 0 Å². The summed E-state index contributed by atoms with van der Waals surface area (Å²) in [5.41, 5.74) is 2.77. The molecule has 0 saturated carbocycles. The van der Waals surface area contributed by atoms with Crippen molar-refractivity contribution in [3.8, 4) is 5.75 Å². The standard InChI is InChI=1S/C18H18N2O3/c1-2-13-6-5-7-14(10-13)23-12-17-19-15-8-3-4-9-16(15)20(17)11-18(21)22/h3-10H,2,11-12H2,1H3,(H,21,22). The minimum Gasteiger partial charge on any atom is -0.486 e. The van der Waals surface area contributed by atoms with Crippen molar-refractivity contribution in [1.82, 2.24) is 9.55 Å². The molecule has 0 atom stereocenters. The molecule has 1 N–H and O–H groups in total. The highest BCUT2D eigenvalue weighted by atomic mass is 16.5. The summed E-state index contributed by atoms with van der Waals surface area (Å²) in [6.07, 6.45) is 0.939. The maximum Gasteiger partial charge on any atom is 0.323 e. The van der Waals surface area contributed by atoms with Gasteiger partial charge in [-0.2, -0.15) is 0 Å². The van der Waals surface area contributed by atoms with E-state index in [1.165, 1.54) is 5.56 Å². The number of nitrogens with zero attached hydrogens (tertiary/aromatic N) is 2. The number of rotatable bonds is 6. The van der Waals surface area contributed by atoms with Crippen LogP contribution in [0.15, 0.2) is 48.5 Å². The first-order valence-electron chi connectivity index (χ1n) is 7.55. The minimum absolute atomic E-state index is 0.131. The zero-order valence-corrected chi connectivity index (χ0v) is 12.9. The summed E-state index contributed by atoms with van der Waals surface area (Å²) in [6, 6.07) is 15.4. The number of carboxylic acids is 1. The normalized spacial score (nSPS) is 10.8. The molecule has 118 valence electrons. The fraction of sp³-hybridized carbons (Fsp3) is 0.222. The average molecular weight is 310 g/mol. The van der Waals surface area contributed by atoms with Crippen molar-refractivity contribution < 1.29 is 14.6 Å². The Bertz CT molecular complexity index is 839. The number of hydrogen-bond donors (Lipinski definition) is 1. The minimum atomic E-state index is -0.901. The highest BCUT2D eigenvalue weighted by molar-refractivity contribution is 5.78. The quantitative estimate of drug-likeness (QED) is 0.759. The summed E-state index contributed by atoms with van der Waals surface area (Å²) >= 11 is 0. The third kappa shape index (κ3) is 3.34. The topological polar surface area (TPSA) is 64.4 Å². The van der Waals surface area contributed by atoms with E-state index in [2.05, 4.69) is 11.9 Å². The lowest BCUT2D eigenvalue weighted by Gasteiger charge is -2.09. The Morgan fingerprint density at radius 1 is 1.22 bits per heavy atom. The molecular formula is C18H18N2O3. The van der Waals surface area contributed by atoms with Crippen molar-refractivity contribution in [1.29, 1.82) is 0 Å². The van der Waals surface area contributed by atoms with Crippen LogP contribution in [0.2, 0.25) is 0 Å². The molecule has 3 aromatic rings. The largest absolute Gasteiger partial charge is 0.486 e. The van der Waals surface area contributed by atoms with Crippen LogP contribution < -0.4 is 4.74 Å². The Labute approximate surface area is 134 Å². The lowest BCUT2D eigenvalue weighted by molar-refractivity contribution is -0.137. The van der Waals surface area contributed by atoms with Crippen molar-refractivity contribution in [2.75, 3.05) is 0 Å². The van der Waals surface area contributed by atoms with Crippen molar-refractivity contribution in [3.63, 3.8) is 0 Å². The van der Waals surface area contributed by atoms with Crippen molar-refractivity contribution in [2.24, 2.45) is 0 Å². The summed E-state index contributed by atoms with van der Waals surface area (Å²) in [7, 11) is 0. The number of aliphatic carboxylic acids is 1. The van der Waals surface area contributed by atoms with Gasteiger partial charge in [0.15, 0.2) is 0 Å². The fourth-order valence-corrected chi connectivity index (χ4v) is 2.55. The van der Waals surface area contributed by atoms with E-state index < -0.39 is 5.97 Å². The summed E-state index contributed by atoms with van der Waals surface area (Å²) in [4.78, 5) is 15.6. The van der Waals surface area contributed by atoms with Crippen LogP contribution in [0.25, 0.3) is 11.0 Å². The lowest BCUT2D eigenvalue weighted by Crippen LogP contribution is -2.13. The van der Waals surface area contributed by atoms with Gasteiger partial charge in [-0.05, 0) is 36.2 Å². The van der Waals surface area contributed by atoms with Gasteiger partial charge in [-0.15, -0.1) is 0 Å². The maximum absolute atomic E-state index is 11.1. The van der Waals surface area contributed by atoms with Crippen LogP contribution in [0.5, 0.6) is 5.75 Å². The van der Waals surface area contributed by atoms with Crippen molar-refractivity contribution in [2.45, 2.75) is 26.5 Å². The van der Waals surface area contributed by atoms with E-state index in [1.807, 2.05) is 48.5 Å². The molecule has 23 heavy (non-hydrogen) atoms. The average Bonchev–Trinajstić information content (AvgIpc) is 2.90. The van der Waals surface area contributed by atoms with Crippen molar-refractivity contribution in [3.05, 3.63) is 59.9 Å². The Kier molecular flexibility index (Phi) is 4.28. The highest BCUT2D eigenvalue weighted by Gasteiger charge is 2.13. The van der Waals surface area contributed by atoms with Gasteiger partial charge < -0.3 is 14.4 Å². The molecule has 0 aliphatic carbocycles. The Morgan fingerprint density at radius 2 is 2.04 bits per heavy atom. The number of aryl methyl sites for hydroxylation is 1. The molecule has 0 saturated heterocycles. The second-order valence-corrected chi connectivity index (χ2v) is 5.29. The summed E-state index contributed by atoms with van der Waals surface area (Å²) < 4.78 is 7.49. The van der Waals surface area contributed by atoms with Gasteiger partial charge in [-0.1, -0.05) is 31.2 Å². The first-order valence-corrected chi connectivity index (χ1v) is 7.55. The number of imidazole rings is 1. The molecule has 0 radical (unpaired) electrons. The molecule has 0 amide bonds. The van der Waals surface area contributed by atoms with Gasteiger partial charge >= 0.3 is 5.97 Å². The van der Waals surface area contributed by atoms with Crippen LogP contribution in [0.3, 0.4) is 0 Å². The Morgan fingerprint density at radius 3 is 2.83 bits per heavy atom. The van der Waals surface area contributed by atoms with Gasteiger partial charge in [-0.25, -0.2) is 4.98 Å². The third-order valence-electron chi connectivity index (χ3n) is 3.70. The van der Waals surface area contributed by atoms with E-state index in [4.69, 9.17) is 9.84 Å². The molecule has 0 spiro atoms. The summed E-state index contributed by atoms with van der Waals surface area (Å²) in [6.45, 7) is 2.19. The Hall–Kier alpha value is -2.82. The van der Waals surface area contributed by atoms with Crippen LogP contribution >= 0.6 is 0 Å². The summed E-state index contributed by atoms with van der Waals surface area (Å²) in [5, 5.41) is 9.13. The van der Waals surface area contributed by atoms with Crippen LogP contribution in [-0.2, 0) is 24.4 Å². The van der Waals surface area contributed by atoms with E-state index in [9.17, 15) is 4.79 Å². The van der Waals surface area contributed by atoms with E-state index in [1.54, 1.807) is 4.57 Å². The van der Waals surface area contributed by atoms with Crippen LogP contribution in [0.1, 0.15) is 18.3 Å². The van der Waals surface area contributed by atoms with Gasteiger partial charge in [0.25, 0.3) is 0 Å². The van der Waals surface area contributed by atoms with E-state index in [0.29, 0.717) is 5.82 Å². The molecule has 1 aromatic heterocycles. The van der Waals surface area contributed by atoms with Crippen LogP contribution in [-0.4, -0.2) is 20.6 Å². The van der Waals surface area contributed by atoms with Crippen molar-refractivity contribution >= 4 is 17.0 Å². The number of carbonyl (C=O) groups is 1. The number of aromatic nitrogens is 2. The first-order chi connectivity index (χ1) is 11.2. The van der Waals surface area contributed by atoms with Crippen LogP contribution in [0.4, 0.5) is 0 Å². The smallest absolute Gasteiger partial charge is 0.323 e. The highest BCUT2D eigenvalue weighted by Crippen LogP contribution is 2.19. The van der Waals surface area contributed by atoms with Gasteiger partial charge in [0.1, 0.15) is 24.7 Å².